The van der Waals surface area contributed by atoms with Crippen LogP contribution in [0.4, 0.5) is 0 Å². The molecule has 4 nitrogen and oxygen atoms in total. The van der Waals surface area contributed by atoms with Crippen LogP contribution in [0, 0.1) is 0 Å². The van der Waals surface area contributed by atoms with Crippen LogP contribution in [0.25, 0.3) is 10.7 Å². The third-order valence-corrected chi connectivity index (χ3v) is 3.79. The second-order valence-corrected chi connectivity index (χ2v) is 4.94. The van der Waals surface area contributed by atoms with Gasteiger partial charge in [-0.3, -0.25) is 0 Å². The first-order valence-electron chi connectivity index (χ1n) is 5.59. The van der Waals surface area contributed by atoms with Crippen LogP contribution in [0.5, 0.6) is 0 Å². The molecule has 1 saturated heterocycles. The van der Waals surface area contributed by atoms with Crippen molar-refractivity contribution in [3.05, 3.63) is 23.6 Å². The summed E-state index contributed by atoms with van der Waals surface area (Å²) < 4.78 is 0. The van der Waals surface area contributed by atoms with E-state index in [4.69, 9.17) is 0 Å². The fraction of sp³-hybridized carbons (Fsp3) is 0.455. The molecule has 0 radical (unpaired) electrons. The standard InChI is InChI=1S/C11H14N4S/c1-3-12-4-2-8(1)10-14-7-9(15-10)11-13-5-6-16-11/h5-8,12H,1-4H2,(H,14,15). The van der Waals surface area contributed by atoms with E-state index in [-0.39, 0.29) is 0 Å². The average molecular weight is 234 g/mol. The van der Waals surface area contributed by atoms with Gasteiger partial charge in [0.25, 0.3) is 0 Å². The monoisotopic (exact) mass is 234 g/mol. The van der Waals surface area contributed by atoms with Gasteiger partial charge in [0.1, 0.15) is 10.8 Å². The Morgan fingerprint density at radius 2 is 2.12 bits per heavy atom. The van der Waals surface area contributed by atoms with Crippen LogP contribution in [0.15, 0.2) is 17.8 Å². The number of hydrogen-bond acceptors (Lipinski definition) is 4. The van der Waals surface area contributed by atoms with Crippen molar-refractivity contribution < 1.29 is 0 Å². The Morgan fingerprint density at radius 3 is 2.88 bits per heavy atom. The fourth-order valence-electron chi connectivity index (χ4n) is 2.10. The van der Waals surface area contributed by atoms with Crippen molar-refractivity contribution in [2.45, 2.75) is 18.8 Å². The molecule has 0 aromatic carbocycles. The van der Waals surface area contributed by atoms with Crippen molar-refractivity contribution in [1.82, 2.24) is 20.3 Å². The van der Waals surface area contributed by atoms with Gasteiger partial charge in [0.2, 0.25) is 0 Å². The lowest BCUT2D eigenvalue weighted by Gasteiger charge is -2.20. The zero-order chi connectivity index (χ0) is 10.8. The largest absolute Gasteiger partial charge is 0.340 e. The summed E-state index contributed by atoms with van der Waals surface area (Å²) in [6.07, 6.45) is 6.07. The van der Waals surface area contributed by atoms with Crippen LogP contribution < -0.4 is 5.32 Å². The lowest BCUT2D eigenvalue weighted by atomic mass is 9.98. The molecule has 0 aliphatic carbocycles. The molecule has 84 valence electrons. The van der Waals surface area contributed by atoms with Crippen molar-refractivity contribution >= 4 is 11.3 Å². The van der Waals surface area contributed by atoms with Gasteiger partial charge in [0, 0.05) is 17.5 Å². The molecule has 0 bridgehead atoms. The fourth-order valence-corrected chi connectivity index (χ4v) is 2.71. The normalized spacial score (nSPS) is 17.8. The third kappa shape index (κ3) is 1.88. The maximum absolute atomic E-state index is 4.48. The van der Waals surface area contributed by atoms with Crippen molar-refractivity contribution in [3.63, 3.8) is 0 Å². The van der Waals surface area contributed by atoms with E-state index in [9.17, 15) is 0 Å². The van der Waals surface area contributed by atoms with Gasteiger partial charge in [-0.05, 0) is 25.9 Å². The number of piperidine rings is 1. The summed E-state index contributed by atoms with van der Waals surface area (Å²) in [7, 11) is 0. The summed E-state index contributed by atoms with van der Waals surface area (Å²) in [5.41, 5.74) is 1.04. The number of thiazole rings is 1. The Labute approximate surface area is 98.1 Å². The van der Waals surface area contributed by atoms with Gasteiger partial charge >= 0.3 is 0 Å². The van der Waals surface area contributed by atoms with Gasteiger partial charge in [-0.25, -0.2) is 9.97 Å². The number of imidazole rings is 1. The van der Waals surface area contributed by atoms with Gasteiger partial charge in [0.15, 0.2) is 0 Å². The van der Waals surface area contributed by atoms with E-state index in [1.54, 1.807) is 11.3 Å². The highest BCUT2D eigenvalue weighted by Crippen LogP contribution is 2.26. The minimum Gasteiger partial charge on any atom is -0.340 e. The van der Waals surface area contributed by atoms with Crippen molar-refractivity contribution in [2.75, 3.05) is 13.1 Å². The van der Waals surface area contributed by atoms with Crippen LogP contribution >= 0.6 is 11.3 Å². The Morgan fingerprint density at radius 1 is 1.25 bits per heavy atom. The van der Waals surface area contributed by atoms with Crippen molar-refractivity contribution in [1.29, 1.82) is 0 Å². The Bertz CT molecular complexity index is 442. The highest BCUT2D eigenvalue weighted by Gasteiger charge is 2.18. The quantitative estimate of drug-likeness (QED) is 0.835. The van der Waals surface area contributed by atoms with Crippen LogP contribution in [0.3, 0.4) is 0 Å². The molecule has 0 unspecified atom stereocenters. The molecule has 0 amide bonds. The SMILES string of the molecule is c1csc(-c2cnc(C3CCNCC3)[nH]2)n1. The van der Waals surface area contributed by atoms with Crippen LogP contribution in [0.1, 0.15) is 24.6 Å². The van der Waals surface area contributed by atoms with E-state index in [0.717, 1.165) is 29.6 Å². The van der Waals surface area contributed by atoms with Gasteiger partial charge in [-0.2, -0.15) is 0 Å². The molecule has 5 heteroatoms. The van der Waals surface area contributed by atoms with Gasteiger partial charge in [0.05, 0.1) is 11.9 Å². The maximum Gasteiger partial charge on any atom is 0.141 e. The zero-order valence-electron chi connectivity index (χ0n) is 8.94. The Balaban J connectivity index is 1.82. The second-order valence-electron chi connectivity index (χ2n) is 4.04. The Kier molecular flexibility index (Phi) is 2.71. The number of nitrogens with one attached hydrogen (secondary N) is 2. The molecule has 0 spiro atoms. The summed E-state index contributed by atoms with van der Waals surface area (Å²) in [5, 5.41) is 6.37. The van der Waals surface area contributed by atoms with Crippen molar-refractivity contribution in [2.24, 2.45) is 0 Å². The molecular weight excluding hydrogens is 220 g/mol. The number of nitrogens with zero attached hydrogens (tertiary/aromatic N) is 2. The van der Waals surface area contributed by atoms with Crippen LogP contribution in [-0.2, 0) is 0 Å². The zero-order valence-corrected chi connectivity index (χ0v) is 9.76. The van der Waals surface area contributed by atoms with Gasteiger partial charge in [-0.1, -0.05) is 0 Å². The van der Waals surface area contributed by atoms with E-state index >= 15 is 0 Å². The Hall–Kier alpha value is -1.20. The van der Waals surface area contributed by atoms with E-state index in [1.807, 2.05) is 17.8 Å². The van der Waals surface area contributed by atoms with Crippen molar-refractivity contribution in [3.8, 4) is 10.7 Å². The second kappa shape index (κ2) is 4.35. The maximum atomic E-state index is 4.48. The molecule has 16 heavy (non-hydrogen) atoms. The van der Waals surface area contributed by atoms with E-state index in [1.165, 1.54) is 12.8 Å². The molecule has 2 aromatic rings. The predicted molar refractivity (Wildman–Crippen MR) is 64.5 cm³/mol. The molecule has 3 rings (SSSR count). The van der Waals surface area contributed by atoms with E-state index in [0.29, 0.717) is 5.92 Å². The summed E-state index contributed by atoms with van der Waals surface area (Å²) in [5.74, 6) is 1.70. The molecule has 1 fully saturated rings. The van der Waals surface area contributed by atoms with E-state index < -0.39 is 0 Å². The number of aromatic amines is 1. The third-order valence-electron chi connectivity index (χ3n) is 2.98. The minimum atomic E-state index is 0.579. The number of H-pyrrole nitrogens is 1. The lowest BCUT2D eigenvalue weighted by Crippen LogP contribution is -2.27. The molecule has 0 saturated carbocycles. The summed E-state index contributed by atoms with van der Waals surface area (Å²) in [6.45, 7) is 2.19. The van der Waals surface area contributed by atoms with E-state index in [2.05, 4.69) is 20.3 Å². The van der Waals surface area contributed by atoms with Gasteiger partial charge < -0.3 is 10.3 Å². The number of aromatic nitrogens is 3. The summed E-state index contributed by atoms with van der Waals surface area (Å²) in [6, 6.07) is 0. The average Bonchev–Trinajstić information content (AvgIpc) is 3.01. The van der Waals surface area contributed by atoms with Crippen LogP contribution in [0.2, 0.25) is 0 Å². The number of hydrogen-bond donors (Lipinski definition) is 2. The molecule has 1 aliphatic heterocycles. The topological polar surface area (TPSA) is 53.6 Å². The van der Waals surface area contributed by atoms with Crippen LogP contribution in [-0.4, -0.2) is 28.0 Å². The smallest absolute Gasteiger partial charge is 0.141 e. The minimum absolute atomic E-state index is 0.579. The summed E-state index contributed by atoms with van der Waals surface area (Å²) >= 11 is 1.64. The molecule has 1 aliphatic rings. The predicted octanol–water partition coefficient (Wildman–Crippen LogP) is 2.00. The highest BCUT2D eigenvalue weighted by atomic mass is 32.1. The summed E-state index contributed by atoms with van der Waals surface area (Å²) in [4.78, 5) is 12.2. The first-order valence-corrected chi connectivity index (χ1v) is 6.47. The number of rotatable bonds is 2. The van der Waals surface area contributed by atoms with Gasteiger partial charge in [-0.15, -0.1) is 11.3 Å². The molecule has 0 atom stereocenters. The lowest BCUT2D eigenvalue weighted by molar-refractivity contribution is 0.447. The first-order chi connectivity index (χ1) is 7.93. The molecule has 2 N–H and O–H groups in total. The highest BCUT2D eigenvalue weighted by molar-refractivity contribution is 7.13. The molecule has 2 aromatic heterocycles. The molecular formula is C11H14N4S. The first kappa shape index (κ1) is 9.99. The molecule has 3 heterocycles.